The highest BCUT2D eigenvalue weighted by molar-refractivity contribution is 7.92. The van der Waals surface area contributed by atoms with Gasteiger partial charge in [0.1, 0.15) is 6.61 Å². The highest BCUT2D eigenvalue weighted by atomic mass is 35.5. The van der Waals surface area contributed by atoms with Crippen LogP contribution >= 0.6 is 11.6 Å². The number of hydrogen-bond donors (Lipinski definition) is 1. The summed E-state index contributed by atoms with van der Waals surface area (Å²) in [6.45, 7) is 2.66. The summed E-state index contributed by atoms with van der Waals surface area (Å²) >= 11 is 5.98. The molecule has 1 N–H and O–H groups in total. The number of hydrazone groups is 1. The van der Waals surface area contributed by atoms with Crippen LogP contribution in [-0.2, 0) is 23.2 Å². The van der Waals surface area contributed by atoms with Crippen LogP contribution in [0.5, 0.6) is 11.5 Å². The van der Waals surface area contributed by atoms with Gasteiger partial charge in [0.15, 0.2) is 11.5 Å². The van der Waals surface area contributed by atoms with Crippen molar-refractivity contribution in [3.8, 4) is 11.5 Å². The van der Waals surface area contributed by atoms with E-state index in [0.29, 0.717) is 35.3 Å². The van der Waals surface area contributed by atoms with E-state index < -0.39 is 15.9 Å². The molecule has 10 heteroatoms. The minimum absolute atomic E-state index is 0.0261. The van der Waals surface area contributed by atoms with Crippen molar-refractivity contribution in [3.63, 3.8) is 0 Å². The molecule has 1 amide bonds. The number of anilines is 1. The van der Waals surface area contributed by atoms with Gasteiger partial charge in [-0.25, -0.2) is 13.8 Å². The zero-order valence-electron chi connectivity index (χ0n) is 25.0. The van der Waals surface area contributed by atoms with E-state index in [0.717, 1.165) is 11.1 Å². The number of carbonyl (C=O) groups excluding carboxylic acids is 1. The number of nitrogens with one attached hydrogen (secondary N) is 1. The van der Waals surface area contributed by atoms with E-state index in [1.54, 1.807) is 72.8 Å². The Balaban J connectivity index is 1.36. The lowest BCUT2D eigenvalue weighted by molar-refractivity contribution is 0.0955. The van der Waals surface area contributed by atoms with Crippen LogP contribution in [0.4, 0.5) is 5.69 Å². The first kappa shape index (κ1) is 32.3. The minimum atomic E-state index is -4.03. The van der Waals surface area contributed by atoms with Crippen molar-refractivity contribution >= 4 is 39.4 Å². The predicted molar refractivity (Wildman–Crippen MR) is 181 cm³/mol. The highest BCUT2D eigenvalue weighted by Crippen LogP contribution is 2.30. The fourth-order valence-corrected chi connectivity index (χ4v) is 6.23. The van der Waals surface area contributed by atoms with Crippen molar-refractivity contribution in [1.29, 1.82) is 0 Å². The maximum Gasteiger partial charge on any atom is 0.273 e. The molecule has 0 saturated carbocycles. The summed E-state index contributed by atoms with van der Waals surface area (Å²) in [5.41, 5.74) is 5.30. The van der Waals surface area contributed by atoms with Crippen molar-refractivity contribution in [2.24, 2.45) is 5.10 Å². The molecule has 0 heterocycles. The van der Waals surface area contributed by atoms with Crippen LogP contribution in [0.15, 0.2) is 137 Å². The Hall–Kier alpha value is -5.12. The molecule has 0 saturated heterocycles. The van der Waals surface area contributed by atoms with E-state index in [1.807, 2.05) is 49.4 Å². The second kappa shape index (κ2) is 15.2. The van der Waals surface area contributed by atoms with E-state index in [4.69, 9.17) is 21.1 Å². The van der Waals surface area contributed by atoms with Gasteiger partial charge in [0.05, 0.1) is 35.5 Å². The number of carbonyl (C=O) groups is 1. The van der Waals surface area contributed by atoms with Crippen molar-refractivity contribution in [2.75, 3.05) is 10.9 Å². The number of rotatable bonds is 13. The molecular weight excluding hydrogens is 622 g/mol. The average molecular weight is 654 g/mol. The first-order chi connectivity index (χ1) is 22.3. The van der Waals surface area contributed by atoms with Gasteiger partial charge >= 0.3 is 0 Å². The number of amides is 1. The molecule has 0 unspecified atom stereocenters. The molecule has 0 radical (unpaired) electrons. The molecule has 0 atom stereocenters. The molecule has 8 nitrogen and oxygen atoms in total. The lowest BCUT2D eigenvalue weighted by atomic mass is 10.1. The molecule has 0 bridgehead atoms. The van der Waals surface area contributed by atoms with Gasteiger partial charge in [0.2, 0.25) is 0 Å². The summed E-state index contributed by atoms with van der Waals surface area (Å²) < 4.78 is 40.8. The summed E-state index contributed by atoms with van der Waals surface area (Å²) in [5.74, 6) is 0.519. The normalized spacial score (nSPS) is 11.3. The smallest absolute Gasteiger partial charge is 0.273 e. The zero-order valence-corrected chi connectivity index (χ0v) is 26.6. The van der Waals surface area contributed by atoms with Crippen LogP contribution in [0.1, 0.15) is 34.0 Å². The Labute approximate surface area is 273 Å². The van der Waals surface area contributed by atoms with Gasteiger partial charge in [-0.05, 0) is 78.2 Å². The van der Waals surface area contributed by atoms with Crippen LogP contribution in [0.3, 0.4) is 0 Å². The van der Waals surface area contributed by atoms with E-state index in [-0.39, 0.29) is 22.7 Å². The minimum Gasteiger partial charge on any atom is -0.490 e. The lowest BCUT2D eigenvalue weighted by Gasteiger charge is -2.26. The Kier molecular flexibility index (Phi) is 10.7. The monoisotopic (exact) mass is 653 g/mol. The molecule has 5 aromatic rings. The SMILES string of the molecule is CCOc1cc(/C=N\NC(=O)c2ccccc2N(Cc2ccccc2)S(=O)(=O)c2ccccc2)ccc1OCc1ccc(Cl)cc1. The molecule has 5 rings (SSSR count). The molecule has 0 aliphatic rings. The van der Waals surface area contributed by atoms with Crippen LogP contribution in [0, 0.1) is 0 Å². The third-order valence-electron chi connectivity index (χ3n) is 6.87. The van der Waals surface area contributed by atoms with Gasteiger partial charge in [0.25, 0.3) is 15.9 Å². The highest BCUT2D eigenvalue weighted by Gasteiger charge is 2.28. The first-order valence-electron chi connectivity index (χ1n) is 14.5. The maximum atomic E-state index is 13.9. The summed E-state index contributed by atoms with van der Waals surface area (Å²) in [5, 5.41) is 4.81. The van der Waals surface area contributed by atoms with Crippen LogP contribution in [0.25, 0.3) is 0 Å². The third-order valence-corrected chi connectivity index (χ3v) is 8.90. The standard InChI is InChI=1S/C36H32ClN3O5S/c1-2-44-35-23-29(19-22-34(35)45-26-28-17-20-30(37)21-18-28)24-38-39-36(41)32-15-9-10-16-33(32)40(25-27-11-5-3-6-12-27)46(42,43)31-13-7-4-8-14-31/h3-24H,2,25-26H2,1H3,(H,39,41)/b38-24-. The number of nitrogens with zero attached hydrogens (tertiary/aromatic N) is 2. The quantitative estimate of drug-likeness (QED) is 0.105. The van der Waals surface area contributed by atoms with Gasteiger partial charge in [-0.1, -0.05) is 84.4 Å². The second-order valence-corrected chi connectivity index (χ2v) is 12.4. The number of para-hydroxylation sites is 1. The number of halogens is 1. The van der Waals surface area contributed by atoms with Gasteiger partial charge in [-0.15, -0.1) is 0 Å². The fraction of sp³-hybridized carbons (Fsp3) is 0.111. The Morgan fingerprint density at radius 1 is 0.804 bits per heavy atom. The maximum absolute atomic E-state index is 13.9. The van der Waals surface area contributed by atoms with Crippen molar-refractivity contribution < 1.29 is 22.7 Å². The third kappa shape index (κ3) is 8.12. The first-order valence-corrected chi connectivity index (χ1v) is 16.3. The van der Waals surface area contributed by atoms with Crippen LogP contribution < -0.4 is 19.2 Å². The van der Waals surface area contributed by atoms with E-state index in [9.17, 15) is 13.2 Å². The van der Waals surface area contributed by atoms with Crippen molar-refractivity contribution in [3.05, 3.63) is 155 Å². The molecule has 0 aromatic heterocycles. The average Bonchev–Trinajstić information content (AvgIpc) is 3.08. The van der Waals surface area contributed by atoms with Crippen LogP contribution in [0.2, 0.25) is 5.02 Å². The molecule has 0 fully saturated rings. The molecular formula is C36H32ClN3O5S. The summed E-state index contributed by atoms with van der Waals surface area (Å²) in [4.78, 5) is 13.6. The lowest BCUT2D eigenvalue weighted by Crippen LogP contribution is -2.33. The summed E-state index contributed by atoms with van der Waals surface area (Å²) in [6, 6.07) is 36.6. The molecule has 0 spiro atoms. The molecule has 0 aliphatic carbocycles. The van der Waals surface area contributed by atoms with Gasteiger partial charge < -0.3 is 9.47 Å². The van der Waals surface area contributed by atoms with Crippen molar-refractivity contribution in [1.82, 2.24) is 5.43 Å². The largest absolute Gasteiger partial charge is 0.490 e. The van der Waals surface area contributed by atoms with Gasteiger partial charge in [-0.2, -0.15) is 5.10 Å². The summed E-state index contributed by atoms with van der Waals surface area (Å²) in [7, 11) is -4.03. The molecule has 0 aliphatic heterocycles. The fourth-order valence-electron chi connectivity index (χ4n) is 4.61. The number of ether oxygens (including phenoxy) is 2. The van der Waals surface area contributed by atoms with E-state index >= 15 is 0 Å². The molecule has 5 aromatic carbocycles. The Morgan fingerprint density at radius 2 is 1.48 bits per heavy atom. The Bertz CT molecular complexity index is 1900. The predicted octanol–water partition coefficient (Wildman–Crippen LogP) is 7.48. The number of sulfonamides is 1. The topological polar surface area (TPSA) is 97.3 Å². The van der Waals surface area contributed by atoms with Gasteiger partial charge in [-0.3, -0.25) is 9.10 Å². The van der Waals surface area contributed by atoms with E-state index in [1.165, 1.54) is 22.7 Å². The Morgan fingerprint density at radius 3 is 2.20 bits per heavy atom. The van der Waals surface area contributed by atoms with Crippen molar-refractivity contribution in [2.45, 2.75) is 25.0 Å². The molecule has 234 valence electrons. The van der Waals surface area contributed by atoms with Crippen LogP contribution in [-0.4, -0.2) is 27.1 Å². The van der Waals surface area contributed by atoms with E-state index in [2.05, 4.69) is 10.5 Å². The second-order valence-electron chi connectivity index (χ2n) is 10.1. The zero-order chi connectivity index (χ0) is 32.4. The number of benzene rings is 5. The summed E-state index contributed by atoms with van der Waals surface area (Å²) in [6.07, 6.45) is 1.48. The molecule has 46 heavy (non-hydrogen) atoms. The number of hydrogen-bond acceptors (Lipinski definition) is 6. The van der Waals surface area contributed by atoms with Gasteiger partial charge in [0, 0.05) is 5.02 Å².